The van der Waals surface area contributed by atoms with Gasteiger partial charge in [-0.15, -0.1) is 0 Å². The highest BCUT2D eigenvalue weighted by atomic mass is 32.2. The lowest BCUT2D eigenvalue weighted by atomic mass is 9.76. The molecule has 9 heteroatoms. The zero-order valence-corrected chi connectivity index (χ0v) is 21.0. The summed E-state index contributed by atoms with van der Waals surface area (Å²) < 4.78 is 30.3. The molecule has 0 unspecified atom stereocenters. The predicted octanol–water partition coefficient (Wildman–Crippen LogP) is 4.83. The number of aliphatic hydroxyl groups is 1. The van der Waals surface area contributed by atoms with Gasteiger partial charge in [-0.3, -0.25) is 9.10 Å². The van der Waals surface area contributed by atoms with E-state index in [0.29, 0.717) is 45.3 Å². The zero-order chi connectivity index (χ0) is 24.4. The molecule has 0 spiro atoms. The Labute approximate surface area is 184 Å². The van der Waals surface area contributed by atoms with Crippen LogP contribution in [0.2, 0.25) is 0 Å². The van der Waals surface area contributed by atoms with E-state index >= 15 is 0 Å². The topological polar surface area (TPSA) is 116 Å². The normalized spacial score (nSPS) is 15.1. The molecule has 180 valence electrons. The molecule has 1 aliphatic rings. The third-order valence-electron chi connectivity index (χ3n) is 4.18. The lowest BCUT2D eigenvalue weighted by molar-refractivity contribution is -0.155. The molecule has 0 amide bonds. The molecule has 0 bridgehead atoms. The number of hydrogen-bond donors (Lipinski definition) is 2. The van der Waals surface area contributed by atoms with Gasteiger partial charge in [0.05, 0.1) is 11.7 Å². The number of hydrogen-bond acceptors (Lipinski definition) is 6. The van der Waals surface area contributed by atoms with Crippen molar-refractivity contribution in [2.24, 2.45) is 10.4 Å². The van der Waals surface area contributed by atoms with Crippen molar-refractivity contribution >= 4 is 21.8 Å². The highest BCUT2D eigenvalue weighted by Crippen LogP contribution is 2.35. The molecular weight excluding hydrogens is 408 g/mol. The van der Waals surface area contributed by atoms with Crippen LogP contribution in [0.3, 0.4) is 0 Å². The lowest BCUT2D eigenvalue weighted by Crippen LogP contribution is -2.40. The number of amidine groups is 1. The number of aliphatic carboxylic acids is 1. The Balaban J connectivity index is -0.00000111. The van der Waals surface area contributed by atoms with E-state index in [2.05, 4.69) is 11.6 Å². The van der Waals surface area contributed by atoms with Crippen molar-refractivity contribution in [3.05, 3.63) is 12.5 Å². The number of aliphatic hydroxyl groups excluding tert-OH is 1. The van der Waals surface area contributed by atoms with Crippen molar-refractivity contribution in [3.63, 3.8) is 0 Å². The number of ether oxygens (including phenoxy) is 1. The fourth-order valence-electron chi connectivity index (χ4n) is 2.84. The van der Waals surface area contributed by atoms with Crippen LogP contribution in [0.15, 0.2) is 17.5 Å². The Hall–Kier alpha value is -1.61. The first-order valence-electron chi connectivity index (χ1n) is 10.9. The average molecular weight is 453 g/mol. The van der Waals surface area contributed by atoms with Gasteiger partial charge in [-0.05, 0) is 32.3 Å². The van der Waals surface area contributed by atoms with Gasteiger partial charge in [0.1, 0.15) is 5.84 Å². The average Bonchev–Trinajstić information content (AvgIpc) is 2.73. The summed E-state index contributed by atoms with van der Waals surface area (Å²) in [6.07, 6.45) is 2.92. The van der Waals surface area contributed by atoms with Crippen LogP contribution >= 0.6 is 0 Å². The molecule has 0 aliphatic carbocycles. The molecule has 2 N–H and O–H groups in total. The summed E-state index contributed by atoms with van der Waals surface area (Å²) in [5, 5.41) is 18.7. The van der Waals surface area contributed by atoms with Gasteiger partial charge < -0.3 is 14.9 Å². The molecule has 0 atom stereocenters. The van der Waals surface area contributed by atoms with E-state index in [1.807, 2.05) is 41.5 Å². The summed E-state index contributed by atoms with van der Waals surface area (Å²) in [6, 6.07) is 0. The SMILES string of the molecule is C=C(O)/N=C(\CC)N(CCCC1(C(=O)O)CCOCC1)S(C)(=O)=O.CC.CC.CC. The maximum atomic E-state index is 12.0. The first-order chi connectivity index (χ1) is 14.1. The largest absolute Gasteiger partial charge is 0.494 e. The predicted molar refractivity (Wildman–Crippen MR) is 124 cm³/mol. The number of aliphatic imine (C=N–C) groups is 1. The minimum Gasteiger partial charge on any atom is -0.494 e. The molecule has 0 aromatic rings. The highest BCUT2D eigenvalue weighted by molar-refractivity contribution is 7.88. The quantitative estimate of drug-likeness (QED) is 0.310. The summed E-state index contributed by atoms with van der Waals surface area (Å²) in [7, 11) is -3.59. The van der Waals surface area contributed by atoms with Crippen LogP contribution in [-0.4, -0.2) is 60.8 Å². The number of rotatable bonds is 8. The zero-order valence-electron chi connectivity index (χ0n) is 20.2. The molecule has 1 saturated heterocycles. The standard InChI is InChI=1S/C15H26N2O6S.3C2H6/c1-4-13(16-12(2)18)17(24(3,21)22)9-5-6-15(14(19)20)7-10-23-11-8-15;3*1-2/h18H,2,4-11H2,1,3H3,(H,19,20);3*1-2H3/b16-13+;;;. The van der Waals surface area contributed by atoms with Crippen molar-refractivity contribution in [2.75, 3.05) is 26.0 Å². The van der Waals surface area contributed by atoms with Crippen molar-refractivity contribution in [3.8, 4) is 0 Å². The Morgan fingerprint density at radius 3 is 1.90 bits per heavy atom. The smallest absolute Gasteiger partial charge is 0.309 e. The van der Waals surface area contributed by atoms with E-state index < -0.39 is 27.3 Å². The number of nitrogens with zero attached hydrogens (tertiary/aromatic N) is 2. The van der Waals surface area contributed by atoms with Crippen molar-refractivity contribution in [1.29, 1.82) is 0 Å². The van der Waals surface area contributed by atoms with Gasteiger partial charge in [0.15, 0.2) is 0 Å². The molecule has 1 fully saturated rings. The van der Waals surface area contributed by atoms with Crippen molar-refractivity contribution in [1.82, 2.24) is 4.31 Å². The van der Waals surface area contributed by atoms with Crippen LogP contribution < -0.4 is 0 Å². The van der Waals surface area contributed by atoms with E-state index in [4.69, 9.17) is 4.74 Å². The van der Waals surface area contributed by atoms with Gasteiger partial charge in [0, 0.05) is 26.2 Å². The minimum atomic E-state index is -3.59. The monoisotopic (exact) mass is 452 g/mol. The van der Waals surface area contributed by atoms with E-state index in [1.165, 1.54) is 0 Å². The number of sulfonamides is 1. The molecule has 0 aromatic carbocycles. The van der Waals surface area contributed by atoms with E-state index in [-0.39, 0.29) is 12.4 Å². The number of carboxylic acid groups (broad SMARTS) is 1. The fraction of sp³-hybridized carbons (Fsp3) is 0.810. The Morgan fingerprint density at radius 2 is 1.57 bits per heavy atom. The van der Waals surface area contributed by atoms with Crippen LogP contribution in [0.1, 0.15) is 80.6 Å². The second-order valence-corrected chi connectivity index (χ2v) is 7.84. The van der Waals surface area contributed by atoms with Gasteiger partial charge in [-0.25, -0.2) is 13.4 Å². The molecular formula is C21H44N2O6S. The molecule has 0 radical (unpaired) electrons. The van der Waals surface area contributed by atoms with Gasteiger partial charge >= 0.3 is 5.97 Å². The lowest BCUT2D eigenvalue weighted by Gasteiger charge is -2.34. The van der Waals surface area contributed by atoms with Crippen molar-refractivity contribution < 1.29 is 28.2 Å². The molecule has 1 heterocycles. The molecule has 0 saturated carbocycles. The Bertz CT molecular complexity index is 597. The number of carboxylic acids is 1. The van der Waals surface area contributed by atoms with Gasteiger partial charge in [0.2, 0.25) is 15.9 Å². The second kappa shape index (κ2) is 18.2. The Morgan fingerprint density at radius 1 is 1.10 bits per heavy atom. The molecule has 1 aliphatic heterocycles. The third kappa shape index (κ3) is 12.2. The van der Waals surface area contributed by atoms with Crippen LogP contribution in [0.4, 0.5) is 0 Å². The van der Waals surface area contributed by atoms with Crippen LogP contribution in [0, 0.1) is 5.41 Å². The fourth-order valence-corrected chi connectivity index (χ4v) is 3.85. The van der Waals surface area contributed by atoms with Gasteiger partial charge in [0.25, 0.3) is 0 Å². The summed E-state index contributed by atoms with van der Waals surface area (Å²) >= 11 is 0. The molecule has 1 rings (SSSR count). The minimum absolute atomic E-state index is 0.106. The summed E-state index contributed by atoms with van der Waals surface area (Å²) in [4.78, 5) is 15.4. The summed E-state index contributed by atoms with van der Waals surface area (Å²) in [5.41, 5.74) is -0.870. The summed E-state index contributed by atoms with van der Waals surface area (Å²) in [6.45, 7) is 17.9. The summed E-state index contributed by atoms with van der Waals surface area (Å²) in [5.74, 6) is -1.15. The van der Waals surface area contributed by atoms with E-state index in [0.717, 1.165) is 10.6 Å². The molecule has 30 heavy (non-hydrogen) atoms. The third-order valence-corrected chi connectivity index (χ3v) is 5.38. The Kier molecular flexibility index (Phi) is 20.0. The maximum Gasteiger partial charge on any atom is 0.309 e. The highest BCUT2D eigenvalue weighted by Gasteiger charge is 2.39. The van der Waals surface area contributed by atoms with Crippen LogP contribution in [-0.2, 0) is 19.6 Å². The van der Waals surface area contributed by atoms with E-state index in [1.54, 1.807) is 6.92 Å². The first-order valence-corrected chi connectivity index (χ1v) is 12.7. The first kappa shape index (κ1) is 33.0. The van der Waals surface area contributed by atoms with E-state index in [9.17, 15) is 23.4 Å². The van der Waals surface area contributed by atoms with Gasteiger partial charge in [-0.2, -0.15) is 0 Å². The van der Waals surface area contributed by atoms with Gasteiger partial charge in [-0.1, -0.05) is 48.5 Å². The van der Waals surface area contributed by atoms with Crippen LogP contribution in [0.25, 0.3) is 0 Å². The van der Waals surface area contributed by atoms with Crippen molar-refractivity contribution in [2.45, 2.75) is 80.6 Å². The maximum absolute atomic E-state index is 12.0. The number of carbonyl (C=O) groups is 1. The molecule has 8 nitrogen and oxygen atoms in total. The van der Waals surface area contributed by atoms with Crippen LogP contribution in [0.5, 0.6) is 0 Å². The molecule has 0 aromatic heterocycles. The second-order valence-electron chi connectivity index (χ2n) is 5.93.